The van der Waals surface area contributed by atoms with Gasteiger partial charge in [-0.15, -0.1) is 0 Å². The Bertz CT molecular complexity index is 589. The molecule has 0 aliphatic carbocycles. The number of ether oxygens (including phenoxy) is 2. The van der Waals surface area contributed by atoms with Crippen molar-refractivity contribution >= 4 is 5.96 Å². The lowest BCUT2D eigenvalue weighted by molar-refractivity contribution is 0.141. The highest BCUT2D eigenvalue weighted by Crippen LogP contribution is 2.27. The third-order valence-corrected chi connectivity index (χ3v) is 4.97. The maximum atomic E-state index is 5.36. The van der Waals surface area contributed by atoms with Gasteiger partial charge in [0.05, 0.1) is 14.2 Å². The van der Waals surface area contributed by atoms with Gasteiger partial charge < -0.3 is 25.0 Å². The molecule has 0 radical (unpaired) electrons. The largest absolute Gasteiger partial charge is 0.493 e. The average molecular weight is 363 g/mol. The van der Waals surface area contributed by atoms with Gasteiger partial charge in [-0.25, -0.2) is 0 Å². The molecule has 0 aromatic heterocycles. The number of nitrogens with one attached hydrogen (secondary N) is 2. The number of guanidine groups is 1. The van der Waals surface area contributed by atoms with E-state index in [0.717, 1.165) is 36.1 Å². The minimum absolute atomic E-state index is 0.625. The molecule has 1 saturated heterocycles. The van der Waals surface area contributed by atoms with Crippen molar-refractivity contribution in [1.82, 2.24) is 15.5 Å². The number of hydrogen-bond acceptors (Lipinski definition) is 4. The van der Waals surface area contributed by atoms with Gasteiger partial charge in [-0.3, -0.25) is 4.99 Å². The maximum absolute atomic E-state index is 5.36. The third kappa shape index (κ3) is 5.80. The van der Waals surface area contributed by atoms with Crippen molar-refractivity contribution in [3.05, 3.63) is 23.8 Å². The Kier molecular flexibility index (Phi) is 8.04. The second kappa shape index (κ2) is 10.3. The molecule has 1 aliphatic rings. The van der Waals surface area contributed by atoms with E-state index in [-0.39, 0.29) is 0 Å². The first-order valence-electron chi connectivity index (χ1n) is 9.46. The first-order chi connectivity index (χ1) is 12.6. The lowest BCUT2D eigenvalue weighted by Gasteiger charge is -2.35. The molecular weight excluding hydrogens is 328 g/mol. The van der Waals surface area contributed by atoms with Crippen LogP contribution in [0.5, 0.6) is 11.5 Å². The summed E-state index contributed by atoms with van der Waals surface area (Å²) in [5, 5.41) is 6.85. The number of nitrogens with zero attached hydrogens (tertiary/aromatic N) is 2. The molecule has 1 aromatic rings. The summed E-state index contributed by atoms with van der Waals surface area (Å²) in [6, 6.07) is 6.57. The summed E-state index contributed by atoms with van der Waals surface area (Å²) >= 11 is 0. The van der Waals surface area contributed by atoms with E-state index in [9.17, 15) is 0 Å². The number of rotatable bonds is 7. The van der Waals surface area contributed by atoms with Crippen LogP contribution in [-0.2, 0) is 6.54 Å². The zero-order valence-corrected chi connectivity index (χ0v) is 16.8. The van der Waals surface area contributed by atoms with Crippen molar-refractivity contribution in [2.24, 2.45) is 10.9 Å². The van der Waals surface area contributed by atoms with Gasteiger partial charge in [0.1, 0.15) is 0 Å². The van der Waals surface area contributed by atoms with E-state index in [4.69, 9.17) is 9.47 Å². The minimum atomic E-state index is 0.625. The van der Waals surface area contributed by atoms with Crippen LogP contribution in [-0.4, -0.2) is 57.8 Å². The number of hydrogen-bond donors (Lipinski definition) is 2. The highest BCUT2D eigenvalue weighted by molar-refractivity contribution is 5.79. The van der Waals surface area contributed by atoms with E-state index >= 15 is 0 Å². The molecule has 1 atom stereocenters. The fourth-order valence-corrected chi connectivity index (χ4v) is 3.37. The Morgan fingerprint density at radius 1 is 1.23 bits per heavy atom. The van der Waals surface area contributed by atoms with Crippen molar-refractivity contribution in [2.75, 3.05) is 40.9 Å². The first kappa shape index (κ1) is 20.4. The van der Waals surface area contributed by atoms with Crippen LogP contribution in [0.15, 0.2) is 23.2 Å². The molecule has 0 spiro atoms. The van der Waals surface area contributed by atoms with E-state index in [1.165, 1.54) is 19.4 Å². The van der Waals surface area contributed by atoms with Crippen molar-refractivity contribution < 1.29 is 9.47 Å². The monoisotopic (exact) mass is 362 g/mol. The predicted molar refractivity (Wildman–Crippen MR) is 107 cm³/mol. The number of aliphatic imine (C=N–C) groups is 1. The second-order valence-electron chi connectivity index (χ2n) is 7.09. The van der Waals surface area contributed by atoms with Gasteiger partial charge in [-0.1, -0.05) is 6.07 Å². The van der Waals surface area contributed by atoms with E-state index in [2.05, 4.69) is 34.4 Å². The Morgan fingerprint density at radius 3 is 2.65 bits per heavy atom. The Balaban J connectivity index is 1.82. The Morgan fingerprint density at radius 2 is 2.00 bits per heavy atom. The topological polar surface area (TPSA) is 58.1 Å². The summed E-state index contributed by atoms with van der Waals surface area (Å²) in [5.74, 6) is 2.99. The average Bonchev–Trinajstić information content (AvgIpc) is 2.68. The standard InChI is InChI=1S/C20H34N4O2/c1-15(2)24-10-6-7-17(14-24)13-23-20(21-3)22-12-16-8-9-18(25-4)19(11-16)26-5/h8-9,11,15,17H,6-7,10,12-14H2,1-5H3,(H2,21,22,23). The zero-order valence-electron chi connectivity index (χ0n) is 16.8. The lowest BCUT2D eigenvalue weighted by Crippen LogP contribution is -2.45. The predicted octanol–water partition coefficient (Wildman–Crippen LogP) is 2.49. The van der Waals surface area contributed by atoms with Crippen LogP contribution in [0.2, 0.25) is 0 Å². The molecule has 0 bridgehead atoms. The SMILES string of the molecule is CN=C(NCc1ccc(OC)c(OC)c1)NCC1CCCN(C(C)C)C1. The highest BCUT2D eigenvalue weighted by atomic mass is 16.5. The molecular formula is C20H34N4O2. The molecule has 1 aromatic carbocycles. The van der Waals surface area contributed by atoms with Crippen LogP contribution in [0.3, 0.4) is 0 Å². The fraction of sp³-hybridized carbons (Fsp3) is 0.650. The summed E-state index contributed by atoms with van der Waals surface area (Å²) in [5.41, 5.74) is 1.12. The molecule has 1 fully saturated rings. The summed E-state index contributed by atoms with van der Waals surface area (Å²) in [4.78, 5) is 6.91. The Hall–Kier alpha value is -1.95. The number of methoxy groups -OCH3 is 2. The van der Waals surface area contributed by atoms with Gasteiger partial charge in [0, 0.05) is 32.7 Å². The zero-order chi connectivity index (χ0) is 18.9. The van der Waals surface area contributed by atoms with Gasteiger partial charge >= 0.3 is 0 Å². The molecule has 6 nitrogen and oxygen atoms in total. The van der Waals surface area contributed by atoms with E-state index in [1.807, 2.05) is 25.2 Å². The Labute approximate surface area is 158 Å². The number of piperidine rings is 1. The third-order valence-electron chi connectivity index (χ3n) is 4.97. The molecule has 26 heavy (non-hydrogen) atoms. The minimum Gasteiger partial charge on any atom is -0.493 e. The summed E-state index contributed by atoms with van der Waals surface area (Å²) < 4.78 is 10.6. The summed E-state index contributed by atoms with van der Waals surface area (Å²) in [6.07, 6.45) is 2.56. The van der Waals surface area contributed by atoms with Crippen LogP contribution >= 0.6 is 0 Å². The van der Waals surface area contributed by atoms with E-state index in [1.54, 1.807) is 14.2 Å². The molecule has 2 rings (SSSR count). The van der Waals surface area contributed by atoms with E-state index < -0.39 is 0 Å². The lowest BCUT2D eigenvalue weighted by atomic mass is 9.97. The maximum Gasteiger partial charge on any atom is 0.191 e. The van der Waals surface area contributed by atoms with Crippen LogP contribution in [0.25, 0.3) is 0 Å². The quantitative estimate of drug-likeness (QED) is 0.576. The van der Waals surface area contributed by atoms with Crippen LogP contribution in [0.1, 0.15) is 32.3 Å². The first-order valence-corrected chi connectivity index (χ1v) is 9.46. The normalized spacial score (nSPS) is 18.7. The number of benzene rings is 1. The molecule has 146 valence electrons. The van der Waals surface area contributed by atoms with Crippen molar-refractivity contribution in [1.29, 1.82) is 0 Å². The fourth-order valence-electron chi connectivity index (χ4n) is 3.37. The van der Waals surface area contributed by atoms with Crippen molar-refractivity contribution in [3.8, 4) is 11.5 Å². The van der Waals surface area contributed by atoms with Crippen molar-refractivity contribution in [2.45, 2.75) is 39.3 Å². The van der Waals surface area contributed by atoms with Crippen LogP contribution in [0.4, 0.5) is 0 Å². The molecule has 0 saturated carbocycles. The van der Waals surface area contributed by atoms with Crippen LogP contribution < -0.4 is 20.1 Å². The van der Waals surface area contributed by atoms with Crippen molar-refractivity contribution in [3.63, 3.8) is 0 Å². The van der Waals surface area contributed by atoms with E-state index in [0.29, 0.717) is 18.5 Å². The van der Waals surface area contributed by atoms with Gasteiger partial charge in [-0.2, -0.15) is 0 Å². The molecule has 1 heterocycles. The van der Waals surface area contributed by atoms with Gasteiger partial charge in [-0.05, 0) is 56.8 Å². The molecule has 1 unspecified atom stereocenters. The highest BCUT2D eigenvalue weighted by Gasteiger charge is 2.21. The molecule has 6 heteroatoms. The molecule has 1 aliphatic heterocycles. The van der Waals surface area contributed by atoms with Gasteiger partial charge in [0.25, 0.3) is 0 Å². The summed E-state index contributed by atoms with van der Waals surface area (Å²) in [6.45, 7) is 8.58. The molecule has 0 amide bonds. The number of likely N-dealkylation sites (tertiary alicyclic amines) is 1. The second-order valence-corrected chi connectivity index (χ2v) is 7.09. The van der Waals surface area contributed by atoms with Crippen LogP contribution in [0, 0.1) is 5.92 Å². The van der Waals surface area contributed by atoms with Gasteiger partial charge in [0.15, 0.2) is 17.5 Å². The summed E-state index contributed by atoms with van der Waals surface area (Å²) in [7, 11) is 5.11. The molecule has 2 N–H and O–H groups in total. The van der Waals surface area contributed by atoms with Gasteiger partial charge in [0.2, 0.25) is 0 Å². The smallest absolute Gasteiger partial charge is 0.191 e.